The Morgan fingerprint density at radius 3 is 2.74 bits per heavy atom. The third-order valence-corrected chi connectivity index (χ3v) is 3.92. The van der Waals surface area contributed by atoms with Crippen LogP contribution in [0.1, 0.15) is 30.1 Å². The van der Waals surface area contributed by atoms with Crippen molar-refractivity contribution in [2.75, 3.05) is 0 Å². The zero-order valence-electron chi connectivity index (χ0n) is 10.4. The molecule has 0 saturated heterocycles. The largest absolute Gasteiger partial charge is 0.348 e. The van der Waals surface area contributed by atoms with Crippen molar-refractivity contribution in [1.29, 1.82) is 0 Å². The van der Waals surface area contributed by atoms with E-state index >= 15 is 0 Å². The summed E-state index contributed by atoms with van der Waals surface area (Å²) in [6.45, 7) is 1.90. The number of nitrogens with one attached hydrogen (secondary N) is 1. The lowest BCUT2D eigenvalue weighted by Crippen LogP contribution is -2.34. The maximum absolute atomic E-state index is 12.0. The Kier molecular flexibility index (Phi) is 5.40. The Morgan fingerprint density at radius 1 is 1.53 bits per heavy atom. The third kappa shape index (κ3) is 4.58. The molecule has 102 valence electrons. The van der Waals surface area contributed by atoms with Gasteiger partial charge >= 0.3 is 0 Å². The molecule has 0 heterocycles. The first-order valence-corrected chi connectivity index (χ1v) is 7.98. The molecule has 1 amide bonds. The quantitative estimate of drug-likeness (QED) is 0.669. The van der Waals surface area contributed by atoms with E-state index in [2.05, 4.69) is 11.2 Å². The highest BCUT2D eigenvalue weighted by molar-refractivity contribution is 8.13. The fourth-order valence-corrected chi connectivity index (χ4v) is 2.29. The van der Waals surface area contributed by atoms with Crippen LogP contribution in [-0.2, 0) is 9.05 Å². The lowest BCUT2D eigenvalue weighted by molar-refractivity contribution is 0.0936. The summed E-state index contributed by atoms with van der Waals surface area (Å²) in [7, 11) is 1.39. The molecule has 0 aliphatic heterocycles. The Balaban J connectivity index is 2.92. The van der Waals surface area contributed by atoms with Gasteiger partial charge in [-0.05, 0) is 24.6 Å². The molecule has 0 bridgehead atoms. The summed E-state index contributed by atoms with van der Waals surface area (Å²) in [4.78, 5) is 11.8. The van der Waals surface area contributed by atoms with Gasteiger partial charge in [-0.15, -0.1) is 12.3 Å². The summed E-state index contributed by atoms with van der Waals surface area (Å²) in [6, 6.07) is 5.42. The summed E-state index contributed by atoms with van der Waals surface area (Å²) in [5.74, 6) is 2.11. The van der Waals surface area contributed by atoms with Crippen molar-refractivity contribution < 1.29 is 13.2 Å². The van der Waals surface area contributed by atoms with E-state index in [1.807, 2.05) is 6.92 Å². The Hall–Kier alpha value is -1.51. The number of benzene rings is 1. The average molecular weight is 300 g/mol. The minimum atomic E-state index is -3.84. The van der Waals surface area contributed by atoms with Gasteiger partial charge in [0.15, 0.2) is 0 Å². The molecule has 6 heteroatoms. The number of halogens is 1. The van der Waals surface area contributed by atoms with Crippen LogP contribution in [0.4, 0.5) is 0 Å². The maximum atomic E-state index is 12.0. The predicted octanol–water partition coefficient (Wildman–Crippen LogP) is 2.15. The van der Waals surface area contributed by atoms with E-state index in [1.54, 1.807) is 0 Å². The number of carbonyl (C=O) groups is 1. The first kappa shape index (κ1) is 15.5. The summed E-state index contributed by atoms with van der Waals surface area (Å²) in [5.41, 5.74) is 0.234. The molecule has 1 unspecified atom stereocenters. The number of hydrogen-bond donors (Lipinski definition) is 1. The summed E-state index contributed by atoms with van der Waals surface area (Å²) < 4.78 is 22.4. The molecule has 0 radical (unpaired) electrons. The normalized spacial score (nSPS) is 12.5. The van der Waals surface area contributed by atoms with Gasteiger partial charge in [-0.25, -0.2) is 8.42 Å². The highest BCUT2D eigenvalue weighted by atomic mass is 35.7. The Morgan fingerprint density at radius 2 is 2.21 bits per heavy atom. The molecule has 0 aromatic heterocycles. The second-order valence-corrected chi connectivity index (χ2v) is 6.52. The van der Waals surface area contributed by atoms with E-state index in [9.17, 15) is 13.2 Å². The van der Waals surface area contributed by atoms with Gasteiger partial charge in [0.25, 0.3) is 15.0 Å². The lowest BCUT2D eigenvalue weighted by atomic mass is 10.1. The molecule has 0 fully saturated rings. The van der Waals surface area contributed by atoms with Crippen LogP contribution >= 0.6 is 10.7 Å². The zero-order chi connectivity index (χ0) is 14.5. The molecule has 0 saturated carbocycles. The lowest BCUT2D eigenvalue weighted by Gasteiger charge is -2.14. The zero-order valence-corrected chi connectivity index (χ0v) is 12.0. The third-order valence-electron chi connectivity index (χ3n) is 2.57. The van der Waals surface area contributed by atoms with Crippen LogP contribution in [0.2, 0.25) is 0 Å². The van der Waals surface area contributed by atoms with Gasteiger partial charge in [-0.3, -0.25) is 4.79 Å². The molecular formula is C13H14ClNO3S. The second-order valence-electron chi connectivity index (χ2n) is 3.95. The number of rotatable bonds is 5. The molecule has 1 aromatic rings. The van der Waals surface area contributed by atoms with Gasteiger partial charge in [-0.1, -0.05) is 13.0 Å². The van der Waals surface area contributed by atoms with E-state index < -0.39 is 9.05 Å². The van der Waals surface area contributed by atoms with E-state index in [4.69, 9.17) is 17.1 Å². The number of amides is 1. The molecule has 1 atom stereocenters. The van der Waals surface area contributed by atoms with Crippen LogP contribution in [0.5, 0.6) is 0 Å². The van der Waals surface area contributed by atoms with Crippen LogP contribution in [-0.4, -0.2) is 20.4 Å². The SMILES string of the molecule is C#CCC(CC)NC(=O)c1cccc(S(=O)(=O)Cl)c1. The predicted molar refractivity (Wildman–Crippen MR) is 74.5 cm³/mol. The first-order valence-electron chi connectivity index (χ1n) is 5.67. The van der Waals surface area contributed by atoms with E-state index in [1.165, 1.54) is 24.3 Å². The van der Waals surface area contributed by atoms with Crippen molar-refractivity contribution in [3.63, 3.8) is 0 Å². The van der Waals surface area contributed by atoms with Crippen molar-refractivity contribution in [2.45, 2.75) is 30.7 Å². The van der Waals surface area contributed by atoms with Gasteiger partial charge in [0.2, 0.25) is 0 Å². The smallest absolute Gasteiger partial charge is 0.261 e. The minimum Gasteiger partial charge on any atom is -0.348 e. The number of terminal acetylenes is 1. The topological polar surface area (TPSA) is 63.2 Å². The van der Waals surface area contributed by atoms with Crippen LogP contribution < -0.4 is 5.32 Å². The van der Waals surface area contributed by atoms with Crippen LogP contribution in [0, 0.1) is 12.3 Å². The minimum absolute atomic E-state index is 0.105. The molecular weight excluding hydrogens is 286 g/mol. The highest BCUT2D eigenvalue weighted by Crippen LogP contribution is 2.16. The molecule has 19 heavy (non-hydrogen) atoms. The van der Waals surface area contributed by atoms with Gasteiger partial charge < -0.3 is 5.32 Å². The van der Waals surface area contributed by atoms with Crippen LogP contribution in [0.25, 0.3) is 0 Å². The molecule has 0 aliphatic carbocycles. The Bertz CT molecular complexity index is 605. The summed E-state index contributed by atoms with van der Waals surface area (Å²) in [6.07, 6.45) is 6.33. The maximum Gasteiger partial charge on any atom is 0.261 e. The van der Waals surface area contributed by atoms with Gasteiger partial charge in [0.05, 0.1) is 4.90 Å². The highest BCUT2D eigenvalue weighted by Gasteiger charge is 2.15. The number of hydrogen-bond acceptors (Lipinski definition) is 3. The van der Waals surface area contributed by atoms with Crippen LogP contribution in [0.15, 0.2) is 29.2 Å². The molecule has 1 rings (SSSR count). The standard InChI is InChI=1S/C13H14ClNO3S/c1-3-6-11(4-2)15-13(16)10-7-5-8-12(9-10)19(14,17)18/h1,5,7-9,11H,4,6H2,2H3,(H,15,16). The van der Waals surface area contributed by atoms with Crippen LogP contribution in [0.3, 0.4) is 0 Å². The second kappa shape index (κ2) is 6.60. The summed E-state index contributed by atoms with van der Waals surface area (Å²) >= 11 is 0. The number of carbonyl (C=O) groups excluding carboxylic acids is 1. The molecule has 1 aromatic carbocycles. The van der Waals surface area contributed by atoms with Crippen molar-refractivity contribution in [3.05, 3.63) is 29.8 Å². The van der Waals surface area contributed by atoms with Crippen molar-refractivity contribution in [3.8, 4) is 12.3 Å². The monoisotopic (exact) mass is 299 g/mol. The molecule has 0 aliphatic rings. The van der Waals surface area contributed by atoms with E-state index in [0.29, 0.717) is 12.8 Å². The fourth-order valence-electron chi connectivity index (χ4n) is 1.50. The molecule has 4 nitrogen and oxygen atoms in total. The fraction of sp³-hybridized carbons (Fsp3) is 0.308. The molecule has 0 spiro atoms. The van der Waals surface area contributed by atoms with Gasteiger partial charge in [0.1, 0.15) is 0 Å². The van der Waals surface area contributed by atoms with Crippen molar-refractivity contribution >= 4 is 25.6 Å². The molecule has 1 N–H and O–H groups in total. The first-order chi connectivity index (χ1) is 8.88. The average Bonchev–Trinajstić information content (AvgIpc) is 2.37. The Labute approximate surface area is 117 Å². The van der Waals surface area contributed by atoms with Crippen molar-refractivity contribution in [1.82, 2.24) is 5.32 Å². The van der Waals surface area contributed by atoms with E-state index in [0.717, 1.165) is 0 Å². The van der Waals surface area contributed by atoms with E-state index in [-0.39, 0.29) is 22.4 Å². The van der Waals surface area contributed by atoms with Crippen molar-refractivity contribution in [2.24, 2.45) is 0 Å². The van der Waals surface area contributed by atoms with Gasteiger partial charge in [0, 0.05) is 28.7 Å². The summed E-state index contributed by atoms with van der Waals surface area (Å²) in [5, 5.41) is 2.74. The van der Waals surface area contributed by atoms with Gasteiger partial charge in [-0.2, -0.15) is 0 Å².